The summed E-state index contributed by atoms with van der Waals surface area (Å²) in [5.74, 6) is 1.07. The minimum Gasteiger partial charge on any atom is -0.490 e. The Bertz CT molecular complexity index is 531. The zero-order valence-electron chi connectivity index (χ0n) is 10.8. The summed E-state index contributed by atoms with van der Waals surface area (Å²) in [5, 5.41) is 2.88. The molecule has 0 amide bonds. The molecule has 0 saturated carbocycles. The molecule has 0 unspecified atom stereocenters. The molecule has 0 bridgehead atoms. The van der Waals surface area contributed by atoms with E-state index < -0.39 is 10.0 Å². The van der Waals surface area contributed by atoms with Gasteiger partial charge in [0.1, 0.15) is 0 Å². The van der Waals surface area contributed by atoms with Crippen LogP contribution in [0.15, 0.2) is 23.1 Å². The lowest BCUT2D eigenvalue weighted by atomic mass is 10.3. The second-order valence-corrected chi connectivity index (χ2v) is 5.93. The molecule has 106 valence electrons. The van der Waals surface area contributed by atoms with Gasteiger partial charge in [-0.25, -0.2) is 13.1 Å². The van der Waals surface area contributed by atoms with Gasteiger partial charge in [0.25, 0.3) is 0 Å². The van der Waals surface area contributed by atoms with Gasteiger partial charge in [0.05, 0.1) is 18.1 Å². The van der Waals surface area contributed by atoms with Gasteiger partial charge in [0, 0.05) is 25.6 Å². The van der Waals surface area contributed by atoms with Crippen LogP contribution in [0.4, 0.5) is 0 Å². The van der Waals surface area contributed by atoms with E-state index in [-0.39, 0.29) is 4.90 Å². The molecule has 0 aromatic heterocycles. The highest BCUT2D eigenvalue weighted by Gasteiger charge is 2.18. The summed E-state index contributed by atoms with van der Waals surface area (Å²) in [6, 6.07) is 4.66. The number of ether oxygens (including phenoxy) is 2. The number of likely N-dealkylation sites (N-methyl/N-ethyl adjacent to an activating group) is 1. The second kappa shape index (κ2) is 6.23. The fourth-order valence-electron chi connectivity index (χ4n) is 1.70. The van der Waals surface area contributed by atoms with E-state index in [4.69, 9.17) is 9.47 Å². The molecule has 0 fully saturated rings. The summed E-state index contributed by atoms with van der Waals surface area (Å²) < 4.78 is 37.5. The highest BCUT2D eigenvalue weighted by atomic mass is 32.2. The zero-order chi connectivity index (χ0) is 13.7. The van der Waals surface area contributed by atoms with Gasteiger partial charge in [-0.1, -0.05) is 0 Å². The number of fused-ring (bicyclic) bond motifs is 1. The molecule has 1 aliphatic heterocycles. The van der Waals surface area contributed by atoms with Crippen molar-refractivity contribution in [1.29, 1.82) is 0 Å². The maximum absolute atomic E-state index is 12.0. The first-order valence-electron chi connectivity index (χ1n) is 6.17. The number of rotatable bonds is 5. The molecule has 1 aromatic carbocycles. The number of benzene rings is 1. The minimum absolute atomic E-state index is 0.188. The Kier molecular flexibility index (Phi) is 4.62. The van der Waals surface area contributed by atoms with Gasteiger partial charge in [-0.3, -0.25) is 0 Å². The second-order valence-electron chi connectivity index (χ2n) is 4.16. The molecule has 19 heavy (non-hydrogen) atoms. The van der Waals surface area contributed by atoms with Crippen molar-refractivity contribution in [2.45, 2.75) is 11.3 Å². The van der Waals surface area contributed by atoms with Crippen molar-refractivity contribution in [1.82, 2.24) is 10.0 Å². The Morgan fingerprint density at radius 2 is 1.89 bits per heavy atom. The van der Waals surface area contributed by atoms with Crippen molar-refractivity contribution >= 4 is 10.0 Å². The van der Waals surface area contributed by atoms with Crippen LogP contribution in [0, 0.1) is 0 Å². The smallest absolute Gasteiger partial charge is 0.240 e. The molecule has 6 nitrogen and oxygen atoms in total. The Balaban J connectivity index is 2.18. The van der Waals surface area contributed by atoms with E-state index in [0.29, 0.717) is 37.8 Å². The molecule has 0 atom stereocenters. The molecule has 0 radical (unpaired) electrons. The maximum Gasteiger partial charge on any atom is 0.240 e. The summed E-state index contributed by atoms with van der Waals surface area (Å²) in [6.07, 6.45) is 0.789. The minimum atomic E-state index is -3.50. The van der Waals surface area contributed by atoms with Crippen LogP contribution in [0.25, 0.3) is 0 Å². The fourth-order valence-corrected chi connectivity index (χ4v) is 2.75. The molecular weight excluding hydrogens is 268 g/mol. The normalized spacial score (nSPS) is 15.0. The predicted octanol–water partition coefficient (Wildman–Crippen LogP) is 0.346. The van der Waals surface area contributed by atoms with E-state index in [1.807, 2.05) is 0 Å². The van der Waals surface area contributed by atoms with Gasteiger partial charge in [0.15, 0.2) is 11.5 Å². The summed E-state index contributed by atoms with van der Waals surface area (Å²) in [6.45, 7) is 2.03. The zero-order valence-corrected chi connectivity index (χ0v) is 11.6. The van der Waals surface area contributed by atoms with E-state index in [1.165, 1.54) is 12.1 Å². The van der Waals surface area contributed by atoms with Crippen LogP contribution in [0.2, 0.25) is 0 Å². The standard InChI is InChI=1S/C12H18N2O4S/c1-13-5-6-14-19(15,16)10-3-4-11-12(9-10)18-8-2-7-17-11/h3-4,9,13-14H,2,5-8H2,1H3. The average Bonchev–Trinajstić information content (AvgIpc) is 2.63. The molecular formula is C12H18N2O4S. The Morgan fingerprint density at radius 3 is 2.63 bits per heavy atom. The molecule has 2 rings (SSSR count). The van der Waals surface area contributed by atoms with Crippen LogP contribution >= 0.6 is 0 Å². The highest BCUT2D eigenvalue weighted by molar-refractivity contribution is 7.89. The molecule has 0 aliphatic carbocycles. The van der Waals surface area contributed by atoms with E-state index in [1.54, 1.807) is 13.1 Å². The molecule has 0 spiro atoms. The van der Waals surface area contributed by atoms with Crippen LogP contribution in [0.5, 0.6) is 11.5 Å². The average molecular weight is 286 g/mol. The Morgan fingerprint density at radius 1 is 1.16 bits per heavy atom. The van der Waals surface area contributed by atoms with Crippen molar-refractivity contribution in [3.05, 3.63) is 18.2 Å². The summed E-state index contributed by atoms with van der Waals surface area (Å²) in [4.78, 5) is 0.188. The fraction of sp³-hybridized carbons (Fsp3) is 0.500. The quantitative estimate of drug-likeness (QED) is 0.764. The first-order valence-corrected chi connectivity index (χ1v) is 7.66. The lowest BCUT2D eigenvalue weighted by Gasteiger charge is -2.10. The summed E-state index contributed by atoms with van der Waals surface area (Å²) >= 11 is 0. The molecule has 0 saturated heterocycles. The van der Waals surface area contributed by atoms with E-state index >= 15 is 0 Å². The number of sulfonamides is 1. The van der Waals surface area contributed by atoms with Crippen LogP contribution in [-0.4, -0.2) is 41.8 Å². The largest absolute Gasteiger partial charge is 0.490 e. The SMILES string of the molecule is CNCCNS(=O)(=O)c1ccc2c(c1)OCCCO2. The van der Waals surface area contributed by atoms with Gasteiger partial charge in [-0.15, -0.1) is 0 Å². The van der Waals surface area contributed by atoms with Crippen molar-refractivity contribution < 1.29 is 17.9 Å². The molecule has 1 heterocycles. The number of hydrogen-bond donors (Lipinski definition) is 2. The van der Waals surface area contributed by atoms with Crippen molar-refractivity contribution in [2.75, 3.05) is 33.4 Å². The van der Waals surface area contributed by atoms with Gasteiger partial charge in [-0.05, 0) is 19.2 Å². The topological polar surface area (TPSA) is 76.7 Å². The number of hydrogen-bond acceptors (Lipinski definition) is 5. The van der Waals surface area contributed by atoms with Crippen molar-refractivity contribution in [2.24, 2.45) is 0 Å². The first-order chi connectivity index (χ1) is 9.13. The molecule has 1 aliphatic rings. The Labute approximate surface area is 113 Å². The monoisotopic (exact) mass is 286 g/mol. The van der Waals surface area contributed by atoms with Gasteiger partial charge < -0.3 is 14.8 Å². The van der Waals surface area contributed by atoms with E-state index in [9.17, 15) is 8.42 Å². The highest BCUT2D eigenvalue weighted by Crippen LogP contribution is 2.31. The lowest BCUT2D eigenvalue weighted by molar-refractivity contribution is 0.297. The van der Waals surface area contributed by atoms with Crippen molar-refractivity contribution in [3.63, 3.8) is 0 Å². The molecule has 1 aromatic rings. The first kappa shape index (κ1) is 14.1. The van der Waals surface area contributed by atoms with Gasteiger partial charge in [-0.2, -0.15) is 0 Å². The predicted molar refractivity (Wildman–Crippen MR) is 71.2 cm³/mol. The van der Waals surface area contributed by atoms with Gasteiger partial charge >= 0.3 is 0 Å². The third-order valence-corrected chi connectivity index (χ3v) is 4.16. The third-order valence-electron chi connectivity index (χ3n) is 2.70. The van der Waals surface area contributed by atoms with Gasteiger partial charge in [0.2, 0.25) is 10.0 Å². The Hall–Kier alpha value is -1.31. The van der Waals surface area contributed by atoms with Crippen LogP contribution in [0.1, 0.15) is 6.42 Å². The molecule has 2 N–H and O–H groups in total. The lowest BCUT2D eigenvalue weighted by Crippen LogP contribution is -2.30. The summed E-state index contributed by atoms with van der Waals surface area (Å²) in [5.41, 5.74) is 0. The van der Waals surface area contributed by atoms with Crippen LogP contribution < -0.4 is 19.5 Å². The summed E-state index contributed by atoms with van der Waals surface area (Å²) in [7, 11) is -1.74. The maximum atomic E-state index is 12.0. The number of nitrogens with one attached hydrogen (secondary N) is 2. The molecule has 7 heteroatoms. The van der Waals surface area contributed by atoms with Crippen molar-refractivity contribution in [3.8, 4) is 11.5 Å². The van der Waals surface area contributed by atoms with Crippen LogP contribution in [-0.2, 0) is 10.0 Å². The van der Waals surface area contributed by atoms with Crippen LogP contribution in [0.3, 0.4) is 0 Å². The van der Waals surface area contributed by atoms with E-state index in [0.717, 1.165) is 6.42 Å². The van der Waals surface area contributed by atoms with E-state index in [2.05, 4.69) is 10.0 Å². The third kappa shape index (κ3) is 3.59.